The molecule has 0 aromatic carbocycles. The van der Waals surface area contributed by atoms with Gasteiger partial charge in [0.15, 0.2) is 0 Å². The number of phosphoric ester groups is 1. The predicted molar refractivity (Wildman–Crippen MR) is 80.0 cm³/mol. The molecular formula is C13H18F13NO4P+. The van der Waals surface area contributed by atoms with Crippen LogP contribution in [0, 0.1) is 0 Å². The van der Waals surface area contributed by atoms with E-state index < -0.39 is 63.2 Å². The number of quaternary nitrogens is 1. The standard InChI is InChI=1S/C13H17F13NO4P/c1-27(2,3)5-7-31-32(28,29)30-6-4-8(14,15)9(16,17)10(18,19)11(20,21)12(22,23)13(24,25)26/h4-7H2,1-3H3/p+1. The van der Waals surface area contributed by atoms with Gasteiger partial charge >= 0.3 is 43.6 Å². The van der Waals surface area contributed by atoms with Crippen molar-refractivity contribution < 1.29 is 80.1 Å². The Bertz CT molecular complexity index is 690. The Labute approximate surface area is 172 Å². The SMILES string of the molecule is C[N+](C)(C)CCOP(=O)(O)OCCC(F)(F)C(F)(F)C(F)(F)C(F)(F)C(F)(F)C(F)(F)F. The van der Waals surface area contributed by atoms with Gasteiger partial charge in [-0.15, -0.1) is 0 Å². The Hall–Kier alpha value is -0.840. The van der Waals surface area contributed by atoms with Gasteiger partial charge in [-0.1, -0.05) is 0 Å². The minimum Gasteiger partial charge on any atom is -0.329 e. The minimum absolute atomic E-state index is 0.0247. The van der Waals surface area contributed by atoms with Crippen LogP contribution in [0.4, 0.5) is 57.1 Å². The molecule has 0 heterocycles. The van der Waals surface area contributed by atoms with Crippen molar-refractivity contribution in [3.8, 4) is 0 Å². The first-order valence-electron chi connectivity index (χ1n) is 8.04. The van der Waals surface area contributed by atoms with Crippen molar-refractivity contribution in [1.82, 2.24) is 0 Å². The zero-order valence-corrected chi connectivity index (χ0v) is 17.2. The number of nitrogens with zero attached hydrogens (tertiary/aromatic N) is 1. The van der Waals surface area contributed by atoms with Crippen LogP contribution in [0.2, 0.25) is 0 Å². The normalized spacial score (nSPS) is 17.4. The smallest absolute Gasteiger partial charge is 0.329 e. The molecule has 19 heteroatoms. The third-order valence-corrected chi connectivity index (χ3v) is 4.70. The van der Waals surface area contributed by atoms with Crippen LogP contribution in [0.1, 0.15) is 6.42 Å². The molecule has 32 heavy (non-hydrogen) atoms. The number of rotatable bonds is 12. The maximum atomic E-state index is 13.5. The monoisotopic (exact) mass is 530 g/mol. The summed E-state index contributed by atoms with van der Waals surface area (Å²) in [4.78, 5) is 9.18. The first-order valence-corrected chi connectivity index (χ1v) is 9.54. The van der Waals surface area contributed by atoms with Crippen LogP contribution in [-0.2, 0) is 13.6 Å². The molecule has 0 aliphatic heterocycles. The summed E-state index contributed by atoms with van der Waals surface area (Å²) in [6.45, 7) is -2.56. The van der Waals surface area contributed by atoms with Crippen LogP contribution in [0.25, 0.3) is 0 Å². The van der Waals surface area contributed by atoms with Gasteiger partial charge in [-0.25, -0.2) is 4.57 Å². The lowest BCUT2D eigenvalue weighted by Gasteiger charge is -2.39. The Morgan fingerprint density at radius 2 is 1.06 bits per heavy atom. The highest BCUT2D eigenvalue weighted by Gasteiger charge is 2.90. The van der Waals surface area contributed by atoms with Gasteiger partial charge in [0.25, 0.3) is 0 Å². The first-order chi connectivity index (χ1) is 13.7. The van der Waals surface area contributed by atoms with Crippen molar-refractivity contribution in [1.29, 1.82) is 0 Å². The summed E-state index contributed by atoms with van der Waals surface area (Å²) in [7, 11) is -0.501. The second-order valence-electron chi connectivity index (χ2n) is 7.40. The average molecular weight is 530 g/mol. The molecule has 0 aromatic heterocycles. The molecule has 5 nitrogen and oxygen atoms in total. The van der Waals surface area contributed by atoms with Gasteiger partial charge in [0.2, 0.25) is 0 Å². The van der Waals surface area contributed by atoms with Gasteiger partial charge in [0.05, 0.1) is 27.7 Å². The maximum absolute atomic E-state index is 13.5. The third-order valence-electron chi connectivity index (χ3n) is 3.69. The summed E-state index contributed by atoms with van der Waals surface area (Å²) in [5.74, 6) is -37.6. The van der Waals surface area contributed by atoms with Gasteiger partial charge < -0.3 is 9.38 Å². The van der Waals surface area contributed by atoms with E-state index >= 15 is 0 Å². The quantitative estimate of drug-likeness (QED) is 0.221. The van der Waals surface area contributed by atoms with Crippen LogP contribution < -0.4 is 0 Å². The molecule has 0 saturated heterocycles. The van der Waals surface area contributed by atoms with Gasteiger partial charge in [-0.05, 0) is 0 Å². The molecule has 1 unspecified atom stereocenters. The molecule has 0 fully saturated rings. The molecular weight excluding hydrogens is 512 g/mol. The van der Waals surface area contributed by atoms with E-state index in [0.717, 1.165) is 0 Å². The summed E-state index contributed by atoms with van der Waals surface area (Å²) >= 11 is 0. The van der Waals surface area contributed by atoms with E-state index in [0.29, 0.717) is 0 Å². The van der Waals surface area contributed by atoms with E-state index in [2.05, 4.69) is 9.05 Å². The molecule has 194 valence electrons. The van der Waals surface area contributed by atoms with Crippen molar-refractivity contribution in [2.75, 3.05) is 40.9 Å². The average Bonchev–Trinajstić information content (AvgIpc) is 2.50. The molecule has 0 radical (unpaired) electrons. The van der Waals surface area contributed by atoms with Crippen LogP contribution in [-0.4, -0.2) is 86.1 Å². The number of likely N-dealkylation sites (N-methyl/N-ethyl adjacent to an activating group) is 1. The molecule has 0 aliphatic rings. The first kappa shape index (κ1) is 31.2. The number of halogens is 13. The van der Waals surface area contributed by atoms with Crippen LogP contribution in [0.5, 0.6) is 0 Å². The second-order valence-corrected chi connectivity index (χ2v) is 8.85. The molecule has 0 rings (SSSR count). The van der Waals surface area contributed by atoms with E-state index in [-0.39, 0.29) is 11.0 Å². The Balaban J connectivity index is 5.50. The fourth-order valence-corrected chi connectivity index (χ4v) is 2.42. The van der Waals surface area contributed by atoms with Crippen molar-refractivity contribution in [3.63, 3.8) is 0 Å². The van der Waals surface area contributed by atoms with E-state index in [1.165, 1.54) is 0 Å². The molecule has 0 aliphatic carbocycles. The van der Waals surface area contributed by atoms with Crippen LogP contribution >= 0.6 is 7.82 Å². The van der Waals surface area contributed by atoms with Crippen LogP contribution in [0.3, 0.4) is 0 Å². The van der Waals surface area contributed by atoms with E-state index in [1.807, 2.05) is 0 Å². The molecule has 1 atom stereocenters. The fraction of sp³-hybridized carbons (Fsp3) is 1.00. The lowest BCUT2D eigenvalue weighted by atomic mass is 9.93. The highest BCUT2D eigenvalue weighted by Crippen LogP contribution is 2.60. The molecule has 1 N–H and O–H groups in total. The molecule has 0 spiro atoms. The van der Waals surface area contributed by atoms with Gasteiger partial charge in [0, 0.05) is 6.42 Å². The Morgan fingerprint density at radius 3 is 1.44 bits per heavy atom. The number of phosphoric acid groups is 1. The lowest BCUT2D eigenvalue weighted by Crippen LogP contribution is -2.70. The zero-order valence-electron chi connectivity index (χ0n) is 16.3. The molecule has 0 aromatic rings. The van der Waals surface area contributed by atoms with Crippen molar-refractivity contribution in [2.45, 2.75) is 42.2 Å². The molecule has 0 saturated carbocycles. The van der Waals surface area contributed by atoms with Crippen molar-refractivity contribution in [3.05, 3.63) is 0 Å². The highest BCUT2D eigenvalue weighted by atomic mass is 31.2. The Kier molecular flexibility index (Phi) is 8.84. The summed E-state index contributed by atoms with van der Waals surface area (Å²) in [5.41, 5.74) is 0. The molecule has 0 bridgehead atoms. The van der Waals surface area contributed by atoms with E-state index in [4.69, 9.17) is 0 Å². The minimum atomic E-state index is -8.01. The predicted octanol–water partition coefficient (Wildman–Crippen LogP) is 4.96. The summed E-state index contributed by atoms with van der Waals surface area (Å²) in [6, 6.07) is 0. The van der Waals surface area contributed by atoms with Crippen molar-refractivity contribution >= 4 is 7.82 Å². The zero-order chi connectivity index (χ0) is 26.2. The summed E-state index contributed by atoms with van der Waals surface area (Å²) < 4.78 is 188. The van der Waals surface area contributed by atoms with Gasteiger partial charge in [0.1, 0.15) is 13.2 Å². The summed E-state index contributed by atoms with van der Waals surface area (Å²) in [6.07, 6.45) is -10.3. The van der Waals surface area contributed by atoms with Crippen molar-refractivity contribution in [2.24, 2.45) is 0 Å². The lowest BCUT2D eigenvalue weighted by molar-refractivity contribution is -0.870. The van der Waals surface area contributed by atoms with Gasteiger partial charge in [-0.3, -0.25) is 9.05 Å². The second kappa shape index (κ2) is 9.07. The van der Waals surface area contributed by atoms with E-state index in [9.17, 15) is 66.5 Å². The number of alkyl halides is 13. The van der Waals surface area contributed by atoms with E-state index in [1.54, 1.807) is 21.1 Å². The maximum Gasteiger partial charge on any atom is 0.472 e. The highest BCUT2D eigenvalue weighted by molar-refractivity contribution is 7.47. The van der Waals surface area contributed by atoms with Crippen LogP contribution in [0.15, 0.2) is 0 Å². The third kappa shape index (κ3) is 6.39. The molecule has 0 amide bonds. The number of hydrogen-bond donors (Lipinski definition) is 1. The Morgan fingerprint density at radius 1 is 0.688 bits per heavy atom. The number of hydrogen-bond acceptors (Lipinski definition) is 3. The summed E-state index contributed by atoms with van der Waals surface area (Å²) in [5, 5.41) is 0. The van der Waals surface area contributed by atoms with Gasteiger partial charge in [-0.2, -0.15) is 57.1 Å². The topological polar surface area (TPSA) is 55.8 Å². The largest absolute Gasteiger partial charge is 0.472 e. The fourth-order valence-electron chi connectivity index (χ4n) is 1.72.